The predicted octanol–water partition coefficient (Wildman–Crippen LogP) is 3.65. The van der Waals surface area contributed by atoms with Crippen molar-refractivity contribution in [3.8, 4) is 11.5 Å². The molecule has 0 spiro atoms. The maximum Gasteiger partial charge on any atom is 0.373 e. The maximum absolute atomic E-state index is 11.0. The molecule has 0 bridgehead atoms. The predicted molar refractivity (Wildman–Crippen MR) is 67.9 cm³/mol. The first kappa shape index (κ1) is 12.6. The molecule has 5 heteroatoms. The Morgan fingerprint density at radius 1 is 1.39 bits per heavy atom. The number of aryl methyl sites for hydroxylation is 1. The second kappa shape index (κ2) is 5.23. The van der Waals surface area contributed by atoms with Crippen LogP contribution in [0.15, 0.2) is 28.7 Å². The Bertz CT molecular complexity index is 560. The first-order valence-electron chi connectivity index (χ1n) is 5.60. The Kier molecular flexibility index (Phi) is 3.67. The Labute approximate surface area is 109 Å². The molecule has 0 amide bonds. The van der Waals surface area contributed by atoms with Crippen molar-refractivity contribution in [1.29, 1.82) is 0 Å². The average Bonchev–Trinajstić information content (AvgIpc) is 2.75. The number of aromatic carboxylic acids is 1. The third-order valence-electron chi connectivity index (χ3n) is 2.47. The van der Waals surface area contributed by atoms with Gasteiger partial charge in [0.15, 0.2) is 0 Å². The van der Waals surface area contributed by atoms with Gasteiger partial charge in [-0.2, -0.15) is 0 Å². The third-order valence-corrected chi connectivity index (χ3v) is 2.72. The summed E-state index contributed by atoms with van der Waals surface area (Å²) in [4.78, 5) is 15.3. The molecular formula is C13H12ClNO3. The Hall–Kier alpha value is -1.81. The second-order valence-electron chi connectivity index (χ2n) is 3.86. The van der Waals surface area contributed by atoms with Gasteiger partial charge in [-0.15, -0.1) is 0 Å². The highest BCUT2D eigenvalue weighted by Gasteiger charge is 2.19. The molecule has 0 saturated carbocycles. The molecular weight excluding hydrogens is 254 g/mol. The topological polar surface area (TPSA) is 63.3 Å². The van der Waals surface area contributed by atoms with Crippen molar-refractivity contribution in [2.45, 2.75) is 19.8 Å². The fraction of sp³-hybridized carbons (Fsp3) is 0.231. The van der Waals surface area contributed by atoms with Crippen LogP contribution in [0.2, 0.25) is 5.02 Å². The van der Waals surface area contributed by atoms with Crippen LogP contribution in [0.1, 0.15) is 29.6 Å². The number of carboxylic acids is 1. The summed E-state index contributed by atoms with van der Waals surface area (Å²) in [7, 11) is 0. The minimum atomic E-state index is -1.09. The van der Waals surface area contributed by atoms with Crippen LogP contribution in [0.3, 0.4) is 0 Å². The van der Waals surface area contributed by atoms with Gasteiger partial charge in [-0.05, 0) is 30.7 Å². The SMILES string of the molecule is CCCc1nc(-c2ccc(Cl)cc2)oc1C(=O)O. The highest BCUT2D eigenvalue weighted by atomic mass is 35.5. The number of hydrogen-bond acceptors (Lipinski definition) is 3. The van der Waals surface area contributed by atoms with Crippen LogP contribution in [0.25, 0.3) is 11.5 Å². The van der Waals surface area contributed by atoms with Gasteiger partial charge in [0.2, 0.25) is 11.7 Å². The van der Waals surface area contributed by atoms with Gasteiger partial charge in [-0.3, -0.25) is 0 Å². The molecule has 0 aliphatic heterocycles. The summed E-state index contributed by atoms with van der Waals surface area (Å²) in [6, 6.07) is 6.91. The molecule has 0 atom stereocenters. The average molecular weight is 266 g/mol. The van der Waals surface area contributed by atoms with Gasteiger partial charge in [0.25, 0.3) is 0 Å². The van der Waals surface area contributed by atoms with E-state index in [1.54, 1.807) is 24.3 Å². The van der Waals surface area contributed by atoms with Crippen molar-refractivity contribution < 1.29 is 14.3 Å². The van der Waals surface area contributed by atoms with Crippen molar-refractivity contribution in [2.24, 2.45) is 0 Å². The molecule has 1 N–H and O–H groups in total. The summed E-state index contributed by atoms with van der Waals surface area (Å²) in [5.41, 5.74) is 1.19. The maximum atomic E-state index is 11.0. The summed E-state index contributed by atoms with van der Waals surface area (Å²) in [5.74, 6) is -0.861. The van der Waals surface area contributed by atoms with E-state index in [9.17, 15) is 4.79 Å². The standard InChI is InChI=1S/C13H12ClNO3/c1-2-3-10-11(13(16)17)18-12(15-10)8-4-6-9(14)7-5-8/h4-7H,2-3H2,1H3,(H,16,17). The van der Waals surface area contributed by atoms with Crippen LogP contribution in [-0.4, -0.2) is 16.1 Å². The molecule has 1 aromatic carbocycles. The second-order valence-corrected chi connectivity index (χ2v) is 4.29. The number of nitrogens with zero attached hydrogens (tertiary/aromatic N) is 1. The van der Waals surface area contributed by atoms with Gasteiger partial charge in [0.1, 0.15) is 0 Å². The lowest BCUT2D eigenvalue weighted by molar-refractivity contribution is 0.0661. The van der Waals surface area contributed by atoms with Gasteiger partial charge in [-0.25, -0.2) is 9.78 Å². The number of rotatable bonds is 4. The van der Waals surface area contributed by atoms with Gasteiger partial charge < -0.3 is 9.52 Å². The summed E-state index contributed by atoms with van der Waals surface area (Å²) < 4.78 is 5.30. The van der Waals surface area contributed by atoms with Gasteiger partial charge in [0, 0.05) is 10.6 Å². The van der Waals surface area contributed by atoms with E-state index in [-0.39, 0.29) is 5.76 Å². The van der Waals surface area contributed by atoms with Crippen LogP contribution in [0.5, 0.6) is 0 Å². The highest BCUT2D eigenvalue weighted by Crippen LogP contribution is 2.24. The number of benzene rings is 1. The van der Waals surface area contributed by atoms with Crippen molar-refractivity contribution in [3.05, 3.63) is 40.7 Å². The summed E-state index contributed by atoms with van der Waals surface area (Å²) in [6.45, 7) is 1.96. The number of oxazole rings is 1. The number of carboxylic acid groups (broad SMARTS) is 1. The minimum Gasteiger partial charge on any atom is -0.475 e. The molecule has 0 fully saturated rings. The zero-order valence-corrected chi connectivity index (χ0v) is 10.6. The lowest BCUT2D eigenvalue weighted by Gasteiger charge is -1.94. The normalized spacial score (nSPS) is 10.6. The largest absolute Gasteiger partial charge is 0.475 e. The smallest absolute Gasteiger partial charge is 0.373 e. The Morgan fingerprint density at radius 2 is 2.06 bits per heavy atom. The van der Waals surface area contributed by atoms with Gasteiger partial charge in [-0.1, -0.05) is 24.9 Å². The van der Waals surface area contributed by atoms with E-state index in [4.69, 9.17) is 21.1 Å². The van der Waals surface area contributed by atoms with Crippen LogP contribution in [0.4, 0.5) is 0 Å². The third kappa shape index (κ3) is 2.54. The molecule has 2 rings (SSSR count). The first-order valence-corrected chi connectivity index (χ1v) is 5.98. The van der Waals surface area contributed by atoms with E-state index in [1.807, 2.05) is 6.92 Å². The number of halogens is 1. The lowest BCUT2D eigenvalue weighted by atomic mass is 10.2. The number of hydrogen-bond donors (Lipinski definition) is 1. The van der Waals surface area contributed by atoms with Crippen molar-refractivity contribution in [3.63, 3.8) is 0 Å². The molecule has 94 valence electrons. The summed E-state index contributed by atoms with van der Waals surface area (Å²) in [5, 5.41) is 9.65. The summed E-state index contributed by atoms with van der Waals surface area (Å²) in [6.07, 6.45) is 1.39. The van der Waals surface area contributed by atoms with Crippen molar-refractivity contribution in [2.75, 3.05) is 0 Å². The first-order chi connectivity index (χ1) is 8.61. The summed E-state index contributed by atoms with van der Waals surface area (Å²) >= 11 is 5.79. The van der Waals surface area contributed by atoms with Crippen LogP contribution in [-0.2, 0) is 6.42 Å². The molecule has 1 heterocycles. The molecule has 1 aromatic heterocycles. The Balaban J connectivity index is 2.42. The van der Waals surface area contributed by atoms with Crippen molar-refractivity contribution in [1.82, 2.24) is 4.98 Å². The van der Waals surface area contributed by atoms with Crippen LogP contribution < -0.4 is 0 Å². The quantitative estimate of drug-likeness (QED) is 0.916. The minimum absolute atomic E-state index is 0.0817. The van der Waals surface area contributed by atoms with Crippen LogP contribution >= 0.6 is 11.6 Å². The zero-order chi connectivity index (χ0) is 13.1. The molecule has 0 radical (unpaired) electrons. The monoisotopic (exact) mass is 265 g/mol. The molecule has 18 heavy (non-hydrogen) atoms. The molecule has 4 nitrogen and oxygen atoms in total. The van der Waals surface area contributed by atoms with E-state index < -0.39 is 5.97 Å². The fourth-order valence-corrected chi connectivity index (χ4v) is 1.77. The number of carbonyl (C=O) groups is 1. The fourth-order valence-electron chi connectivity index (χ4n) is 1.64. The molecule has 0 unspecified atom stereocenters. The molecule has 2 aromatic rings. The van der Waals surface area contributed by atoms with E-state index in [0.717, 1.165) is 6.42 Å². The lowest BCUT2D eigenvalue weighted by Crippen LogP contribution is -1.99. The molecule has 0 aliphatic rings. The Morgan fingerprint density at radius 3 is 2.61 bits per heavy atom. The van der Waals surface area contributed by atoms with Gasteiger partial charge >= 0.3 is 5.97 Å². The van der Waals surface area contributed by atoms with E-state index >= 15 is 0 Å². The van der Waals surface area contributed by atoms with E-state index in [2.05, 4.69) is 4.98 Å². The van der Waals surface area contributed by atoms with Crippen molar-refractivity contribution >= 4 is 17.6 Å². The molecule has 0 saturated heterocycles. The number of aromatic nitrogens is 1. The zero-order valence-electron chi connectivity index (χ0n) is 9.81. The molecule has 0 aliphatic carbocycles. The van der Waals surface area contributed by atoms with E-state index in [1.165, 1.54) is 0 Å². The van der Waals surface area contributed by atoms with E-state index in [0.29, 0.717) is 28.6 Å². The van der Waals surface area contributed by atoms with Crippen LogP contribution in [0, 0.1) is 0 Å². The van der Waals surface area contributed by atoms with Gasteiger partial charge in [0.05, 0.1) is 5.69 Å². The highest BCUT2D eigenvalue weighted by molar-refractivity contribution is 6.30.